The summed E-state index contributed by atoms with van der Waals surface area (Å²) in [5.74, 6) is -0.456. The van der Waals surface area contributed by atoms with Crippen molar-refractivity contribution in [1.29, 1.82) is 0 Å². The average Bonchev–Trinajstić information content (AvgIpc) is 2.35. The first-order chi connectivity index (χ1) is 9.00. The third-order valence-electron chi connectivity index (χ3n) is 2.97. The van der Waals surface area contributed by atoms with Gasteiger partial charge in [0.2, 0.25) is 0 Å². The quantitative estimate of drug-likeness (QED) is 0.900. The summed E-state index contributed by atoms with van der Waals surface area (Å²) in [5.41, 5.74) is 0. The van der Waals surface area contributed by atoms with Crippen LogP contribution in [0.5, 0.6) is 0 Å². The van der Waals surface area contributed by atoms with Gasteiger partial charge in [-0.25, -0.2) is 9.78 Å². The van der Waals surface area contributed by atoms with Gasteiger partial charge >= 0.3 is 5.97 Å². The predicted octanol–water partition coefficient (Wildman–Crippen LogP) is 3.41. The molecule has 2 aromatic rings. The Morgan fingerprint density at radius 2 is 2.11 bits per heavy atom. The molecule has 0 saturated heterocycles. The van der Waals surface area contributed by atoms with Crippen LogP contribution in [0.2, 0.25) is 5.02 Å². The van der Waals surface area contributed by atoms with Gasteiger partial charge < -0.3 is 10.4 Å². The number of aliphatic carboxylic acids is 1. The van der Waals surface area contributed by atoms with Crippen LogP contribution >= 0.6 is 11.6 Å². The van der Waals surface area contributed by atoms with Crippen molar-refractivity contribution in [3.63, 3.8) is 0 Å². The van der Waals surface area contributed by atoms with E-state index in [0.717, 1.165) is 10.8 Å². The third kappa shape index (κ3) is 2.79. The molecule has 19 heavy (non-hydrogen) atoms. The summed E-state index contributed by atoms with van der Waals surface area (Å²) in [5, 5.41) is 14.4. The molecule has 5 heteroatoms. The number of pyridine rings is 1. The normalized spacial score (nSPS) is 12.6. The maximum atomic E-state index is 11.2. The molecule has 1 unspecified atom stereocenters. The van der Waals surface area contributed by atoms with E-state index >= 15 is 0 Å². The minimum atomic E-state index is -0.902. The second-order valence-electron chi connectivity index (χ2n) is 4.70. The molecule has 2 rings (SSSR count). The molecule has 0 aliphatic heterocycles. The molecule has 0 spiro atoms. The zero-order valence-electron chi connectivity index (χ0n) is 10.7. The summed E-state index contributed by atoms with van der Waals surface area (Å²) in [4.78, 5) is 15.5. The highest BCUT2D eigenvalue weighted by Gasteiger charge is 2.22. The van der Waals surface area contributed by atoms with Crippen molar-refractivity contribution in [3.05, 3.63) is 35.5 Å². The number of carbonyl (C=O) groups is 1. The topological polar surface area (TPSA) is 62.2 Å². The first-order valence-electron chi connectivity index (χ1n) is 6.03. The molecule has 0 aliphatic rings. The highest BCUT2D eigenvalue weighted by atomic mass is 35.5. The van der Waals surface area contributed by atoms with E-state index in [2.05, 4.69) is 10.3 Å². The van der Waals surface area contributed by atoms with Crippen LogP contribution < -0.4 is 5.32 Å². The summed E-state index contributed by atoms with van der Waals surface area (Å²) in [6.45, 7) is 3.69. The summed E-state index contributed by atoms with van der Waals surface area (Å²) in [6, 6.07) is 6.68. The summed E-state index contributed by atoms with van der Waals surface area (Å²) in [7, 11) is 0. The van der Waals surface area contributed by atoms with Crippen molar-refractivity contribution < 1.29 is 9.90 Å². The van der Waals surface area contributed by atoms with Crippen LogP contribution in [0.4, 0.5) is 5.82 Å². The molecule has 0 fully saturated rings. The Hall–Kier alpha value is -1.81. The Balaban J connectivity index is 2.48. The lowest BCUT2D eigenvalue weighted by atomic mass is 10.0. The molecule has 2 N–H and O–H groups in total. The second kappa shape index (κ2) is 5.45. The van der Waals surface area contributed by atoms with Gasteiger partial charge in [0.1, 0.15) is 11.9 Å². The summed E-state index contributed by atoms with van der Waals surface area (Å²) < 4.78 is 0. The van der Waals surface area contributed by atoms with Gasteiger partial charge in [-0.15, -0.1) is 0 Å². The van der Waals surface area contributed by atoms with Crippen LogP contribution in [-0.4, -0.2) is 22.1 Å². The van der Waals surface area contributed by atoms with Crippen molar-refractivity contribution in [2.75, 3.05) is 5.32 Å². The number of carboxylic acids is 1. The number of hydrogen-bond donors (Lipinski definition) is 2. The van der Waals surface area contributed by atoms with Crippen molar-refractivity contribution in [3.8, 4) is 0 Å². The largest absolute Gasteiger partial charge is 0.480 e. The number of carboxylic acid groups (broad SMARTS) is 1. The number of nitrogens with zero attached hydrogens (tertiary/aromatic N) is 1. The Labute approximate surface area is 116 Å². The Morgan fingerprint density at radius 3 is 2.74 bits per heavy atom. The third-order valence-corrected chi connectivity index (χ3v) is 3.28. The molecule has 1 aromatic carbocycles. The minimum Gasteiger partial charge on any atom is -0.480 e. The van der Waals surface area contributed by atoms with E-state index in [9.17, 15) is 9.90 Å². The first kappa shape index (κ1) is 13.6. The second-order valence-corrected chi connectivity index (χ2v) is 5.11. The van der Waals surface area contributed by atoms with Gasteiger partial charge in [-0.2, -0.15) is 0 Å². The van der Waals surface area contributed by atoms with E-state index in [1.807, 2.05) is 32.0 Å². The zero-order chi connectivity index (χ0) is 14.0. The lowest BCUT2D eigenvalue weighted by Gasteiger charge is -2.19. The average molecular weight is 279 g/mol. The molecule has 0 bridgehead atoms. The zero-order valence-corrected chi connectivity index (χ0v) is 11.5. The van der Waals surface area contributed by atoms with E-state index in [4.69, 9.17) is 11.6 Å². The monoisotopic (exact) mass is 278 g/mol. The van der Waals surface area contributed by atoms with Gasteiger partial charge in [0.15, 0.2) is 0 Å². The Morgan fingerprint density at radius 1 is 1.37 bits per heavy atom. The standard InChI is InChI=1S/C14H15ClN2O2/c1-8(2)12(14(18)19)17-13-11-9(6-7-16-13)4-3-5-10(11)15/h3-8,12H,1-2H3,(H,16,17)(H,18,19). The van der Waals surface area contributed by atoms with E-state index in [1.54, 1.807) is 12.3 Å². The number of aromatic nitrogens is 1. The molecule has 1 atom stereocenters. The van der Waals surface area contributed by atoms with Crippen LogP contribution in [0.15, 0.2) is 30.5 Å². The van der Waals surface area contributed by atoms with Crippen LogP contribution in [0.1, 0.15) is 13.8 Å². The maximum absolute atomic E-state index is 11.2. The van der Waals surface area contributed by atoms with E-state index in [1.165, 1.54) is 0 Å². The fraction of sp³-hybridized carbons (Fsp3) is 0.286. The van der Waals surface area contributed by atoms with E-state index < -0.39 is 12.0 Å². The molecule has 0 saturated carbocycles. The maximum Gasteiger partial charge on any atom is 0.326 e. The van der Waals surface area contributed by atoms with Crippen LogP contribution in [-0.2, 0) is 4.79 Å². The van der Waals surface area contributed by atoms with Crippen molar-refractivity contribution in [2.45, 2.75) is 19.9 Å². The van der Waals surface area contributed by atoms with Gasteiger partial charge in [-0.3, -0.25) is 0 Å². The fourth-order valence-corrected chi connectivity index (χ4v) is 2.23. The van der Waals surface area contributed by atoms with Gasteiger partial charge in [0, 0.05) is 11.6 Å². The molecule has 0 radical (unpaired) electrons. The lowest BCUT2D eigenvalue weighted by molar-refractivity contribution is -0.138. The Bertz CT molecular complexity index is 608. The van der Waals surface area contributed by atoms with Crippen molar-refractivity contribution >= 4 is 34.2 Å². The number of benzene rings is 1. The molecule has 1 heterocycles. The van der Waals surface area contributed by atoms with Gasteiger partial charge in [0.05, 0.1) is 5.02 Å². The SMILES string of the molecule is CC(C)C(Nc1nccc2cccc(Cl)c12)C(=O)O. The number of nitrogens with one attached hydrogen (secondary N) is 1. The smallest absolute Gasteiger partial charge is 0.326 e. The number of fused-ring (bicyclic) bond motifs is 1. The molecular formula is C14H15ClN2O2. The summed E-state index contributed by atoms with van der Waals surface area (Å²) in [6.07, 6.45) is 1.64. The van der Waals surface area contributed by atoms with E-state index in [-0.39, 0.29) is 5.92 Å². The first-order valence-corrected chi connectivity index (χ1v) is 6.41. The molecule has 100 valence electrons. The Kier molecular flexibility index (Phi) is 3.90. The van der Waals surface area contributed by atoms with Gasteiger partial charge in [-0.1, -0.05) is 37.6 Å². The van der Waals surface area contributed by atoms with Crippen LogP contribution in [0.25, 0.3) is 10.8 Å². The van der Waals surface area contributed by atoms with Gasteiger partial charge in [-0.05, 0) is 23.4 Å². The molecule has 0 aliphatic carbocycles. The molecule has 0 amide bonds. The van der Waals surface area contributed by atoms with Crippen molar-refractivity contribution in [1.82, 2.24) is 4.98 Å². The molecule has 1 aromatic heterocycles. The van der Waals surface area contributed by atoms with Crippen LogP contribution in [0.3, 0.4) is 0 Å². The predicted molar refractivity (Wildman–Crippen MR) is 76.6 cm³/mol. The fourth-order valence-electron chi connectivity index (χ4n) is 1.96. The van der Waals surface area contributed by atoms with Gasteiger partial charge in [0.25, 0.3) is 0 Å². The number of halogens is 1. The molecular weight excluding hydrogens is 264 g/mol. The lowest BCUT2D eigenvalue weighted by Crippen LogP contribution is -2.34. The molecule has 4 nitrogen and oxygen atoms in total. The minimum absolute atomic E-state index is 0.0583. The summed E-state index contributed by atoms with van der Waals surface area (Å²) >= 11 is 6.18. The van der Waals surface area contributed by atoms with E-state index in [0.29, 0.717) is 10.8 Å². The highest BCUT2D eigenvalue weighted by molar-refractivity contribution is 6.36. The number of anilines is 1. The number of rotatable bonds is 4. The van der Waals surface area contributed by atoms with Crippen LogP contribution in [0, 0.1) is 5.92 Å². The number of hydrogen-bond acceptors (Lipinski definition) is 3. The van der Waals surface area contributed by atoms with Crippen molar-refractivity contribution in [2.24, 2.45) is 5.92 Å². The highest BCUT2D eigenvalue weighted by Crippen LogP contribution is 2.29.